The Balaban J connectivity index is 2.23. The maximum Gasteiger partial charge on any atom is 0.0783 e. The first-order valence-corrected chi connectivity index (χ1v) is 6.30. The predicted molar refractivity (Wildman–Crippen MR) is 41.1 cm³/mol. The van der Waals surface area contributed by atoms with Crippen LogP contribution in [0.1, 0.15) is 19.3 Å². The Hall–Kier alpha value is 0.177. The van der Waals surface area contributed by atoms with E-state index in [4.69, 9.17) is 4.74 Å². The van der Waals surface area contributed by atoms with Crippen LogP contribution in [0.25, 0.3) is 0 Å². The summed E-state index contributed by atoms with van der Waals surface area (Å²) in [5.74, 6) is 0. The molecule has 2 heteroatoms. The van der Waals surface area contributed by atoms with Crippen LogP contribution in [0.4, 0.5) is 0 Å². The summed E-state index contributed by atoms with van der Waals surface area (Å²) in [5.41, 5.74) is 0.656. The van der Waals surface area contributed by atoms with Gasteiger partial charge in [0.05, 0.1) is 8.80 Å². The van der Waals surface area contributed by atoms with Crippen LogP contribution in [0, 0.1) is 0 Å². The van der Waals surface area contributed by atoms with Gasteiger partial charge in [0.25, 0.3) is 0 Å². The van der Waals surface area contributed by atoms with Crippen LogP contribution in [0.5, 0.6) is 0 Å². The third kappa shape index (κ3) is 2.10. The van der Waals surface area contributed by atoms with Gasteiger partial charge in [0.1, 0.15) is 0 Å². The summed E-state index contributed by atoms with van der Waals surface area (Å²) < 4.78 is 5.58. The van der Waals surface area contributed by atoms with E-state index in [0.29, 0.717) is 5.73 Å². The first-order chi connectivity index (χ1) is 4.30. The van der Waals surface area contributed by atoms with Gasteiger partial charge in [-0.3, -0.25) is 0 Å². The molecule has 0 aromatic carbocycles. The Morgan fingerprint density at radius 3 is 2.44 bits per heavy atom. The van der Waals surface area contributed by atoms with Gasteiger partial charge in [0.2, 0.25) is 0 Å². The predicted octanol–water partition coefficient (Wildman–Crippen LogP) is 1.85. The van der Waals surface area contributed by atoms with Crippen molar-refractivity contribution in [3.63, 3.8) is 0 Å². The van der Waals surface area contributed by atoms with E-state index < -0.39 is 0 Å². The molecule has 1 atom stereocenters. The lowest BCUT2D eigenvalue weighted by Crippen LogP contribution is -2.31. The van der Waals surface area contributed by atoms with Crippen molar-refractivity contribution >= 4 is 8.80 Å². The zero-order chi connectivity index (χ0) is 6.69. The average Bonchev–Trinajstić information content (AvgIpc) is 1.90. The lowest BCUT2D eigenvalue weighted by molar-refractivity contribution is 0.0631. The summed E-state index contributed by atoms with van der Waals surface area (Å²) in [6.45, 7) is 5.68. The van der Waals surface area contributed by atoms with E-state index in [1.165, 1.54) is 19.3 Å². The van der Waals surface area contributed by atoms with Gasteiger partial charge in [-0.2, -0.15) is 0 Å². The van der Waals surface area contributed by atoms with Crippen molar-refractivity contribution in [3.8, 4) is 0 Å². The minimum atomic E-state index is -0.157. The van der Waals surface area contributed by atoms with Gasteiger partial charge >= 0.3 is 0 Å². The van der Waals surface area contributed by atoms with Gasteiger partial charge in [-0.25, -0.2) is 0 Å². The van der Waals surface area contributed by atoms with Crippen LogP contribution in [0.15, 0.2) is 0 Å². The molecule has 0 aromatic heterocycles. The van der Waals surface area contributed by atoms with E-state index in [1.54, 1.807) is 0 Å². The monoisotopic (exact) mass is 143 g/mol. The highest BCUT2D eigenvalue weighted by Crippen LogP contribution is 2.14. The molecule has 1 unspecified atom stereocenters. The molecule has 0 saturated carbocycles. The highest BCUT2D eigenvalue weighted by molar-refractivity contribution is 6.57. The highest BCUT2D eigenvalue weighted by Gasteiger charge is 2.17. The zero-order valence-corrected chi connectivity index (χ0v) is 7.31. The van der Waals surface area contributed by atoms with E-state index in [-0.39, 0.29) is 8.80 Å². The summed E-state index contributed by atoms with van der Waals surface area (Å²) >= 11 is 0. The third-order valence-electron chi connectivity index (χ3n) is 1.82. The van der Waals surface area contributed by atoms with E-state index in [9.17, 15) is 0 Å². The second-order valence-corrected chi connectivity index (χ2v) is 5.73. The SMILES string of the molecule is C[Si](C)C1CCCCO1. The lowest BCUT2D eigenvalue weighted by atomic mass is 10.2. The molecule has 0 aromatic rings. The van der Waals surface area contributed by atoms with Crippen molar-refractivity contribution in [1.29, 1.82) is 0 Å². The topological polar surface area (TPSA) is 9.23 Å². The van der Waals surface area contributed by atoms with Crippen molar-refractivity contribution in [2.24, 2.45) is 0 Å². The van der Waals surface area contributed by atoms with E-state index in [2.05, 4.69) is 13.1 Å². The molecule has 1 fully saturated rings. The molecular weight excluding hydrogens is 128 g/mol. The minimum absolute atomic E-state index is 0.157. The summed E-state index contributed by atoms with van der Waals surface area (Å²) in [5, 5.41) is 0. The molecule has 0 amide bonds. The number of ether oxygens (including phenoxy) is 1. The van der Waals surface area contributed by atoms with Crippen molar-refractivity contribution < 1.29 is 4.74 Å². The first kappa shape index (κ1) is 7.29. The fourth-order valence-electron chi connectivity index (χ4n) is 1.20. The molecule has 0 spiro atoms. The van der Waals surface area contributed by atoms with Crippen molar-refractivity contribution in [3.05, 3.63) is 0 Å². The number of hydrogen-bond acceptors (Lipinski definition) is 1. The molecule has 1 saturated heterocycles. The standard InChI is InChI=1S/C7H15OSi/c1-9(2)7-5-3-4-6-8-7/h7H,3-6H2,1-2H3. The van der Waals surface area contributed by atoms with Crippen LogP contribution in [-0.2, 0) is 4.74 Å². The van der Waals surface area contributed by atoms with Crippen LogP contribution in [0.3, 0.4) is 0 Å². The molecule has 1 radical (unpaired) electrons. The number of rotatable bonds is 1. The van der Waals surface area contributed by atoms with Crippen molar-refractivity contribution in [1.82, 2.24) is 0 Å². The van der Waals surface area contributed by atoms with Gasteiger partial charge in [0, 0.05) is 12.3 Å². The molecule has 1 aliphatic rings. The fourth-order valence-corrected chi connectivity index (χ4v) is 2.43. The van der Waals surface area contributed by atoms with Crippen molar-refractivity contribution in [2.45, 2.75) is 38.1 Å². The Morgan fingerprint density at radius 2 is 2.11 bits per heavy atom. The molecule has 1 aliphatic heterocycles. The molecule has 0 bridgehead atoms. The molecule has 0 N–H and O–H groups in total. The normalized spacial score (nSPS) is 29.0. The largest absolute Gasteiger partial charge is 0.382 e. The van der Waals surface area contributed by atoms with Gasteiger partial charge in [-0.05, 0) is 19.3 Å². The minimum Gasteiger partial charge on any atom is -0.382 e. The summed E-state index contributed by atoms with van der Waals surface area (Å²) in [6.07, 6.45) is 3.99. The summed E-state index contributed by atoms with van der Waals surface area (Å²) in [4.78, 5) is 0. The zero-order valence-electron chi connectivity index (χ0n) is 6.31. The van der Waals surface area contributed by atoms with E-state index in [1.807, 2.05) is 0 Å². The van der Waals surface area contributed by atoms with Gasteiger partial charge in [-0.1, -0.05) is 13.1 Å². The first-order valence-electron chi connectivity index (χ1n) is 3.72. The molecule has 1 rings (SSSR count). The number of hydrogen-bond donors (Lipinski definition) is 0. The smallest absolute Gasteiger partial charge is 0.0783 e. The molecule has 9 heavy (non-hydrogen) atoms. The van der Waals surface area contributed by atoms with Crippen LogP contribution in [0.2, 0.25) is 13.1 Å². The molecule has 53 valence electrons. The van der Waals surface area contributed by atoms with Crippen LogP contribution < -0.4 is 0 Å². The van der Waals surface area contributed by atoms with E-state index >= 15 is 0 Å². The highest BCUT2D eigenvalue weighted by atomic mass is 28.3. The maximum atomic E-state index is 5.58. The molecule has 1 heterocycles. The lowest BCUT2D eigenvalue weighted by Gasteiger charge is -2.24. The van der Waals surface area contributed by atoms with Gasteiger partial charge < -0.3 is 4.74 Å². The maximum absolute atomic E-state index is 5.58. The van der Waals surface area contributed by atoms with Crippen LogP contribution in [-0.4, -0.2) is 21.1 Å². The Morgan fingerprint density at radius 1 is 1.33 bits per heavy atom. The quantitative estimate of drug-likeness (QED) is 0.509. The van der Waals surface area contributed by atoms with Crippen molar-refractivity contribution in [2.75, 3.05) is 6.61 Å². The summed E-state index contributed by atoms with van der Waals surface area (Å²) in [6, 6.07) is 0. The fraction of sp³-hybridized carbons (Fsp3) is 1.00. The summed E-state index contributed by atoms with van der Waals surface area (Å²) in [7, 11) is -0.157. The Labute approximate surface area is 59.0 Å². The molecule has 1 nitrogen and oxygen atoms in total. The van der Waals surface area contributed by atoms with Gasteiger partial charge in [-0.15, -0.1) is 0 Å². The Bertz CT molecular complexity index is 77.0. The second kappa shape index (κ2) is 3.37. The van der Waals surface area contributed by atoms with E-state index in [0.717, 1.165) is 6.61 Å². The molecular formula is C7H15OSi. The Kier molecular flexibility index (Phi) is 2.73. The molecule has 0 aliphatic carbocycles. The van der Waals surface area contributed by atoms with Crippen LogP contribution >= 0.6 is 0 Å². The second-order valence-electron chi connectivity index (χ2n) is 2.93. The van der Waals surface area contributed by atoms with Gasteiger partial charge in [0.15, 0.2) is 0 Å². The average molecular weight is 143 g/mol. The third-order valence-corrected chi connectivity index (χ3v) is 3.57.